The van der Waals surface area contributed by atoms with E-state index in [0.29, 0.717) is 6.42 Å². The molecule has 3 aliphatic rings. The first-order chi connectivity index (χ1) is 8.56. The summed E-state index contributed by atoms with van der Waals surface area (Å²) in [5.74, 6) is 0. The number of ether oxygens (including phenoxy) is 1. The summed E-state index contributed by atoms with van der Waals surface area (Å²) in [6, 6.07) is 5.98. The number of alkyl carbamates (subject to hydrolysis) is 1. The fraction of sp³-hybridized carbons (Fsp3) is 0.462. The SMILES string of the molecule is O=C1NC(O)C2(CC3(CC3)c3cc(Br)ccc32)O1. The summed E-state index contributed by atoms with van der Waals surface area (Å²) in [4.78, 5) is 11.4. The Morgan fingerprint density at radius 1 is 1.39 bits per heavy atom. The first-order valence-corrected chi connectivity index (χ1v) is 6.83. The van der Waals surface area contributed by atoms with Gasteiger partial charge in [-0.15, -0.1) is 0 Å². The van der Waals surface area contributed by atoms with Gasteiger partial charge in [-0.25, -0.2) is 4.79 Å². The van der Waals surface area contributed by atoms with Gasteiger partial charge in [0, 0.05) is 21.9 Å². The molecule has 1 heterocycles. The number of carbonyl (C=O) groups excluding carboxylic acids is 1. The Kier molecular flexibility index (Phi) is 1.85. The molecule has 18 heavy (non-hydrogen) atoms. The van der Waals surface area contributed by atoms with Crippen LogP contribution in [0.1, 0.15) is 30.4 Å². The standard InChI is InChI=1S/C13H12BrNO3/c14-7-1-2-8-9(5-7)12(3-4-12)6-13(8)10(16)15-11(17)18-13/h1-2,5,10,16H,3-4,6H2,(H,15,17). The molecule has 4 rings (SSSR count). The maximum absolute atomic E-state index is 11.4. The highest BCUT2D eigenvalue weighted by Crippen LogP contribution is 2.64. The van der Waals surface area contributed by atoms with E-state index in [9.17, 15) is 9.90 Å². The van der Waals surface area contributed by atoms with Crippen LogP contribution < -0.4 is 5.32 Å². The molecule has 1 aromatic rings. The molecule has 1 saturated carbocycles. The first-order valence-electron chi connectivity index (χ1n) is 6.04. The van der Waals surface area contributed by atoms with E-state index in [1.54, 1.807) is 0 Å². The van der Waals surface area contributed by atoms with Crippen LogP contribution in [0.4, 0.5) is 4.79 Å². The predicted octanol–water partition coefficient (Wildman–Crippen LogP) is 2.14. The van der Waals surface area contributed by atoms with Gasteiger partial charge >= 0.3 is 6.09 Å². The molecule has 2 unspecified atom stereocenters. The minimum Gasteiger partial charge on any atom is -0.433 e. The highest BCUT2D eigenvalue weighted by molar-refractivity contribution is 9.10. The molecule has 2 spiro atoms. The van der Waals surface area contributed by atoms with Crippen molar-refractivity contribution in [2.75, 3.05) is 0 Å². The van der Waals surface area contributed by atoms with E-state index in [4.69, 9.17) is 4.74 Å². The molecule has 1 aromatic carbocycles. The normalized spacial score (nSPS) is 34.6. The number of aliphatic hydroxyl groups excluding tert-OH is 1. The highest BCUT2D eigenvalue weighted by atomic mass is 79.9. The molecule has 2 atom stereocenters. The fourth-order valence-electron chi connectivity index (χ4n) is 3.43. The number of hydrogen-bond donors (Lipinski definition) is 2. The second-order valence-corrected chi connectivity index (χ2v) is 6.39. The van der Waals surface area contributed by atoms with E-state index < -0.39 is 17.9 Å². The van der Waals surface area contributed by atoms with E-state index in [-0.39, 0.29) is 5.41 Å². The maximum atomic E-state index is 11.4. The molecule has 1 aliphatic heterocycles. The van der Waals surface area contributed by atoms with Crippen LogP contribution in [-0.2, 0) is 15.8 Å². The summed E-state index contributed by atoms with van der Waals surface area (Å²) in [7, 11) is 0. The van der Waals surface area contributed by atoms with Gasteiger partial charge in [-0.1, -0.05) is 22.0 Å². The third kappa shape index (κ3) is 1.16. The largest absolute Gasteiger partial charge is 0.433 e. The Labute approximate surface area is 112 Å². The van der Waals surface area contributed by atoms with Crippen molar-refractivity contribution in [2.24, 2.45) is 0 Å². The first kappa shape index (κ1) is 10.8. The smallest absolute Gasteiger partial charge is 0.410 e. The van der Waals surface area contributed by atoms with Gasteiger partial charge in [0.15, 0.2) is 11.8 Å². The number of carbonyl (C=O) groups is 1. The monoisotopic (exact) mass is 309 g/mol. The Balaban J connectivity index is 1.93. The summed E-state index contributed by atoms with van der Waals surface area (Å²) in [5.41, 5.74) is 1.39. The van der Waals surface area contributed by atoms with Crippen molar-refractivity contribution in [1.29, 1.82) is 0 Å². The number of fused-ring (bicyclic) bond motifs is 3. The lowest BCUT2D eigenvalue weighted by atomic mass is 9.93. The van der Waals surface area contributed by atoms with Crippen LogP contribution in [0.2, 0.25) is 0 Å². The molecule has 2 fully saturated rings. The lowest BCUT2D eigenvalue weighted by Crippen LogP contribution is -2.39. The third-order valence-corrected chi connectivity index (χ3v) is 4.93. The molecule has 94 valence electrons. The Hall–Kier alpha value is -1.07. The van der Waals surface area contributed by atoms with Gasteiger partial charge in [0.2, 0.25) is 0 Å². The highest BCUT2D eigenvalue weighted by Gasteiger charge is 2.65. The molecular formula is C13H12BrNO3. The lowest BCUT2D eigenvalue weighted by Gasteiger charge is -2.25. The van der Waals surface area contributed by atoms with Gasteiger partial charge in [-0.05, 0) is 30.5 Å². The van der Waals surface area contributed by atoms with Gasteiger partial charge in [-0.3, -0.25) is 5.32 Å². The molecule has 2 aliphatic carbocycles. The number of halogens is 1. The summed E-state index contributed by atoms with van der Waals surface area (Å²) < 4.78 is 6.47. The lowest BCUT2D eigenvalue weighted by molar-refractivity contribution is -0.0452. The number of benzene rings is 1. The third-order valence-electron chi connectivity index (χ3n) is 4.43. The van der Waals surface area contributed by atoms with E-state index in [2.05, 4.69) is 27.3 Å². The van der Waals surface area contributed by atoms with Crippen molar-refractivity contribution in [3.8, 4) is 0 Å². The van der Waals surface area contributed by atoms with Crippen molar-refractivity contribution < 1.29 is 14.6 Å². The number of aliphatic hydroxyl groups is 1. The van der Waals surface area contributed by atoms with Crippen molar-refractivity contribution in [2.45, 2.75) is 36.5 Å². The predicted molar refractivity (Wildman–Crippen MR) is 67.0 cm³/mol. The van der Waals surface area contributed by atoms with Gasteiger partial charge in [0.1, 0.15) is 0 Å². The molecule has 4 nitrogen and oxygen atoms in total. The van der Waals surface area contributed by atoms with Gasteiger partial charge in [0.05, 0.1) is 0 Å². The molecule has 0 bridgehead atoms. The van der Waals surface area contributed by atoms with E-state index in [1.165, 1.54) is 5.56 Å². The van der Waals surface area contributed by atoms with Gasteiger partial charge in [0.25, 0.3) is 0 Å². The molecule has 0 radical (unpaired) electrons. The molecule has 2 N–H and O–H groups in total. The van der Waals surface area contributed by atoms with E-state index >= 15 is 0 Å². The second kappa shape index (κ2) is 3.08. The maximum Gasteiger partial charge on any atom is 0.410 e. The van der Waals surface area contributed by atoms with Crippen LogP contribution >= 0.6 is 15.9 Å². The molecule has 5 heteroatoms. The average Bonchev–Trinajstić information content (AvgIpc) is 2.95. The summed E-state index contributed by atoms with van der Waals surface area (Å²) in [6.07, 6.45) is 1.40. The molecular weight excluding hydrogens is 298 g/mol. The average molecular weight is 310 g/mol. The fourth-order valence-corrected chi connectivity index (χ4v) is 3.79. The zero-order valence-corrected chi connectivity index (χ0v) is 11.2. The number of amides is 1. The summed E-state index contributed by atoms with van der Waals surface area (Å²) in [6.45, 7) is 0. The van der Waals surface area contributed by atoms with Crippen molar-refractivity contribution in [3.05, 3.63) is 33.8 Å². The Morgan fingerprint density at radius 3 is 2.78 bits per heavy atom. The summed E-state index contributed by atoms with van der Waals surface area (Å²) in [5, 5.41) is 12.6. The molecule has 1 amide bonds. The topological polar surface area (TPSA) is 58.6 Å². The van der Waals surface area contributed by atoms with Crippen molar-refractivity contribution >= 4 is 22.0 Å². The minimum atomic E-state index is -0.954. The second-order valence-electron chi connectivity index (χ2n) is 5.47. The van der Waals surface area contributed by atoms with E-state index in [1.807, 2.05) is 12.1 Å². The quantitative estimate of drug-likeness (QED) is 0.772. The number of hydrogen-bond acceptors (Lipinski definition) is 3. The molecule has 1 saturated heterocycles. The van der Waals surface area contributed by atoms with Crippen LogP contribution in [0.25, 0.3) is 0 Å². The minimum absolute atomic E-state index is 0.104. The number of rotatable bonds is 0. The van der Waals surface area contributed by atoms with Crippen LogP contribution in [0.5, 0.6) is 0 Å². The van der Waals surface area contributed by atoms with Crippen LogP contribution in [0.3, 0.4) is 0 Å². The van der Waals surface area contributed by atoms with Crippen molar-refractivity contribution in [3.63, 3.8) is 0 Å². The van der Waals surface area contributed by atoms with Gasteiger partial charge in [-0.2, -0.15) is 0 Å². The Morgan fingerprint density at radius 2 is 2.17 bits per heavy atom. The van der Waals surface area contributed by atoms with Crippen LogP contribution in [0.15, 0.2) is 22.7 Å². The summed E-state index contributed by atoms with van der Waals surface area (Å²) >= 11 is 3.48. The van der Waals surface area contributed by atoms with Gasteiger partial charge < -0.3 is 9.84 Å². The van der Waals surface area contributed by atoms with Crippen LogP contribution in [0, 0.1) is 0 Å². The van der Waals surface area contributed by atoms with Crippen LogP contribution in [-0.4, -0.2) is 17.4 Å². The Bertz CT molecular complexity index is 569. The van der Waals surface area contributed by atoms with E-state index in [0.717, 1.165) is 22.9 Å². The molecule has 0 aromatic heterocycles. The zero-order valence-electron chi connectivity index (χ0n) is 9.57. The number of nitrogens with one attached hydrogen (secondary N) is 1. The zero-order chi connectivity index (χ0) is 12.5. The van der Waals surface area contributed by atoms with Crippen molar-refractivity contribution in [1.82, 2.24) is 5.32 Å².